The molecule has 2 N–H and O–H groups in total. The summed E-state index contributed by atoms with van der Waals surface area (Å²) in [4.78, 5) is 23.8. The minimum atomic E-state index is -0.929. The van der Waals surface area contributed by atoms with Crippen LogP contribution in [0.2, 0.25) is 0 Å². The van der Waals surface area contributed by atoms with Crippen molar-refractivity contribution in [2.24, 2.45) is 0 Å². The number of amides is 1. The van der Waals surface area contributed by atoms with Crippen molar-refractivity contribution >= 4 is 11.9 Å². The molecule has 0 spiro atoms. The van der Waals surface area contributed by atoms with Gasteiger partial charge in [-0.1, -0.05) is 24.3 Å². The van der Waals surface area contributed by atoms with Gasteiger partial charge in [-0.15, -0.1) is 0 Å². The normalized spacial score (nSPS) is 16.0. The first-order chi connectivity index (χ1) is 14.0. The molecular weight excluding hydrogens is 368 g/mol. The quantitative estimate of drug-likeness (QED) is 0.697. The van der Waals surface area contributed by atoms with Crippen molar-refractivity contribution in [2.75, 3.05) is 18.5 Å². The lowest BCUT2D eigenvalue weighted by molar-refractivity contribution is -0.155. The van der Waals surface area contributed by atoms with E-state index >= 15 is 0 Å². The Hall–Kier alpha value is -2.51. The molecule has 0 bridgehead atoms. The highest BCUT2D eigenvalue weighted by Crippen LogP contribution is 2.27. The fourth-order valence-electron chi connectivity index (χ4n) is 4.04. The number of anilines is 1. The summed E-state index contributed by atoms with van der Waals surface area (Å²) in [5.41, 5.74) is 3.70. The maximum atomic E-state index is 12.9. The lowest BCUT2D eigenvalue weighted by Crippen LogP contribution is -2.45. The number of nitrogens with zero attached hydrogens (tertiary/aromatic N) is 3. The third-order valence-corrected chi connectivity index (χ3v) is 5.61. The van der Waals surface area contributed by atoms with Crippen LogP contribution in [0.4, 0.5) is 5.95 Å². The molecule has 0 atom stereocenters. The number of carbonyl (C=O) groups excluding carboxylic acids is 1. The molecule has 0 saturated carbocycles. The topological polar surface area (TPSA) is 87.6 Å². The predicted octanol–water partition coefficient (Wildman–Crippen LogP) is 2.08. The Labute approximate surface area is 171 Å². The molecule has 7 heteroatoms. The summed E-state index contributed by atoms with van der Waals surface area (Å²) >= 11 is 0. The van der Waals surface area contributed by atoms with Gasteiger partial charge in [0, 0.05) is 31.0 Å². The number of fused-ring (bicyclic) bond motifs is 2. The van der Waals surface area contributed by atoms with Gasteiger partial charge < -0.3 is 20.1 Å². The van der Waals surface area contributed by atoms with E-state index in [0.717, 1.165) is 24.1 Å². The first-order valence-electron chi connectivity index (χ1n) is 10.2. The van der Waals surface area contributed by atoms with Crippen LogP contribution in [0.25, 0.3) is 0 Å². The van der Waals surface area contributed by atoms with E-state index in [1.807, 2.05) is 6.20 Å². The van der Waals surface area contributed by atoms with Gasteiger partial charge in [0.15, 0.2) is 0 Å². The summed E-state index contributed by atoms with van der Waals surface area (Å²) < 4.78 is 5.69. The maximum Gasteiger partial charge on any atom is 0.254 e. The Morgan fingerprint density at radius 1 is 1.24 bits per heavy atom. The molecule has 0 unspecified atom stereocenters. The summed E-state index contributed by atoms with van der Waals surface area (Å²) in [6.45, 7) is 4.90. The van der Waals surface area contributed by atoms with Gasteiger partial charge in [0.25, 0.3) is 5.91 Å². The zero-order valence-corrected chi connectivity index (χ0v) is 17.0. The van der Waals surface area contributed by atoms with Crippen LogP contribution in [-0.2, 0) is 35.5 Å². The first-order valence-corrected chi connectivity index (χ1v) is 10.2. The molecule has 7 nitrogen and oxygen atoms in total. The summed E-state index contributed by atoms with van der Waals surface area (Å²) in [5, 5.41) is 12.4. The number of ether oxygens (including phenoxy) is 1. The summed E-state index contributed by atoms with van der Waals surface area (Å²) in [6, 6.07) is 8.80. The lowest BCUT2D eigenvalue weighted by Gasteiger charge is -2.29. The van der Waals surface area contributed by atoms with E-state index in [4.69, 9.17) is 9.84 Å². The third kappa shape index (κ3) is 4.26. The number of hydrogen-bond donors (Lipinski definition) is 2. The Kier molecular flexibility index (Phi) is 5.52. The molecule has 2 aromatic rings. The van der Waals surface area contributed by atoms with Crippen LogP contribution in [0, 0.1) is 0 Å². The molecule has 154 valence electrons. The van der Waals surface area contributed by atoms with Gasteiger partial charge in [-0.3, -0.25) is 4.79 Å². The summed E-state index contributed by atoms with van der Waals surface area (Å²) in [6.07, 6.45) is 4.28. The van der Waals surface area contributed by atoms with E-state index in [1.165, 1.54) is 11.1 Å². The number of nitrogens with one attached hydrogen (secondary N) is 1. The Balaban J connectivity index is 1.38. The summed E-state index contributed by atoms with van der Waals surface area (Å²) in [5.74, 6) is 0.545. The van der Waals surface area contributed by atoms with Crippen LogP contribution in [0.5, 0.6) is 0 Å². The molecule has 2 heterocycles. The van der Waals surface area contributed by atoms with Gasteiger partial charge in [0.05, 0.1) is 18.8 Å². The molecular formula is C22H28N4O3. The van der Waals surface area contributed by atoms with E-state index in [0.29, 0.717) is 38.1 Å². The highest BCUT2D eigenvalue weighted by molar-refractivity contribution is 5.84. The molecule has 0 fully saturated rings. The molecule has 1 aliphatic carbocycles. The number of aliphatic hydroxyl groups is 1. The Morgan fingerprint density at radius 3 is 2.66 bits per heavy atom. The highest BCUT2D eigenvalue weighted by Gasteiger charge is 2.36. The van der Waals surface area contributed by atoms with Gasteiger partial charge in [0.1, 0.15) is 5.60 Å². The molecule has 2 aliphatic rings. The van der Waals surface area contributed by atoms with Crippen molar-refractivity contribution in [1.29, 1.82) is 0 Å². The molecule has 29 heavy (non-hydrogen) atoms. The second-order valence-corrected chi connectivity index (χ2v) is 8.28. The van der Waals surface area contributed by atoms with Crippen LogP contribution in [0.3, 0.4) is 0 Å². The zero-order chi connectivity index (χ0) is 20.4. The fraction of sp³-hybridized carbons (Fsp3) is 0.500. The molecule has 1 amide bonds. The number of aromatic nitrogens is 2. The highest BCUT2D eigenvalue weighted by atomic mass is 16.5. The molecule has 4 rings (SSSR count). The average molecular weight is 396 g/mol. The largest absolute Gasteiger partial charge is 0.396 e. The molecule has 0 radical (unpaired) electrons. The number of benzene rings is 1. The van der Waals surface area contributed by atoms with Crippen LogP contribution in [-0.4, -0.2) is 50.7 Å². The number of aliphatic hydroxyl groups excluding tert-OH is 1. The van der Waals surface area contributed by atoms with Crippen molar-refractivity contribution in [3.05, 3.63) is 52.8 Å². The van der Waals surface area contributed by atoms with Gasteiger partial charge in [-0.25, -0.2) is 9.97 Å². The fourth-order valence-corrected chi connectivity index (χ4v) is 4.04. The van der Waals surface area contributed by atoms with E-state index in [-0.39, 0.29) is 12.5 Å². The number of hydrogen-bond acceptors (Lipinski definition) is 6. The van der Waals surface area contributed by atoms with Crippen molar-refractivity contribution in [1.82, 2.24) is 14.9 Å². The minimum absolute atomic E-state index is 0.0524. The lowest BCUT2D eigenvalue weighted by atomic mass is 10.1. The van der Waals surface area contributed by atoms with Crippen molar-refractivity contribution in [3.63, 3.8) is 0 Å². The van der Waals surface area contributed by atoms with Gasteiger partial charge in [0.2, 0.25) is 5.95 Å². The van der Waals surface area contributed by atoms with E-state index in [9.17, 15) is 4.79 Å². The van der Waals surface area contributed by atoms with Gasteiger partial charge in [-0.2, -0.15) is 0 Å². The van der Waals surface area contributed by atoms with Crippen LogP contribution >= 0.6 is 0 Å². The van der Waals surface area contributed by atoms with Crippen LogP contribution in [0.15, 0.2) is 30.5 Å². The number of carbonyl (C=O) groups is 1. The second kappa shape index (κ2) is 8.08. The van der Waals surface area contributed by atoms with E-state index in [2.05, 4.69) is 39.6 Å². The minimum Gasteiger partial charge on any atom is -0.396 e. The standard InChI is InChI=1S/C22H28N4O3/c1-22(2,29-9-5-8-27)20(28)26-13-17-12-23-21(25-19(17)14-26)24-18-10-15-6-3-4-7-16(15)11-18/h3-4,6-7,12,18,27H,5,8-11,13-14H2,1-2H3,(H,23,24,25). The van der Waals surface area contributed by atoms with Gasteiger partial charge >= 0.3 is 0 Å². The molecule has 1 aromatic heterocycles. The Bertz CT molecular complexity index is 874. The molecule has 1 aliphatic heterocycles. The van der Waals surface area contributed by atoms with Crippen molar-refractivity contribution in [3.8, 4) is 0 Å². The Morgan fingerprint density at radius 2 is 1.97 bits per heavy atom. The molecule has 1 aromatic carbocycles. The van der Waals surface area contributed by atoms with E-state index in [1.54, 1.807) is 18.7 Å². The number of rotatable bonds is 7. The van der Waals surface area contributed by atoms with Crippen molar-refractivity contribution < 1.29 is 14.6 Å². The van der Waals surface area contributed by atoms with Crippen molar-refractivity contribution in [2.45, 2.75) is 57.8 Å². The predicted molar refractivity (Wildman–Crippen MR) is 109 cm³/mol. The maximum absolute atomic E-state index is 12.9. The average Bonchev–Trinajstić information content (AvgIpc) is 3.30. The smallest absolute Gasteiger partial charge is 0.254 e. The molecule has 0 saturated heterocycles. The SMILES string of the molecule is CC(C)(OCCCO)C(=O)N1Cc2cnc(NC3Cc4ccccc4C3)nc2C1. The van der Waals surface area contributed by atoms with E-state index < -0.39 is 5.60 Å². The monoisotopic (exact) mass is 396 g/mol. The first kappa shape index (κ1) is 19.8. The van der Waals surface area contributed by atoms with Crippen LogP contribution < -0.4 is 5.32 Å². The van der Waals surface area contributed by atoms with Gasteiger partial charge in [-0.05, 0) is 44.2 Å². The zero-order valence-electron chi connectivity index (χ0n) is 17.0. The third-order valence-electron chi connectivity index (χ3n) is 5.61. The second-order valence-electron chi connectivity index (χ2n) is 8.28. The summed E-state index contributed by atoms with van der Waals surface area (Å²) in [7, 11) is 0. The van der Waals surface area contributed by atoms with Crippen LogP contribution in [0.1, 0.15) is 42.7 Å².